The van der Waals surface area contributed by atoms with E-state index in [1.165, 1.54) is 0 Å². The van der Waals surface area contributed by atoms with Crippen LogP contribution in [0.15, 0.2) is 42.5 Å². The number of carbonyl (C=O) groups is 1. The highest BCUT2D eigenvalue weighted by Gasteiger charge is 2.19. The van der Waals surface area contributed by atoms with Crippen molar-refractivity contribution < 1.29 is 9.53 Å². The number of rotatable bonds is 6. The van der Waals surface area contributed by atoms with Gasteiger partial charge in [-0.2, -0.15) is 0 Å². The van der Waals surface area contributed by atoms with Crippen molar-refractivity contribution in [2.24, 2.45) is 0 Å². The number of piperazine rings is 1. The Morgan fingerprint density at radius 1 is 1.19 bits per heavy atom. The standard InChI is InChI=1S/C20H25ClN4O2/c1-2-24-8-10-25(11-9-24)19-13-18(16(21)12-17(19)22)23-20(26)14-27-15-6-4-3-5-7-15/h3-7,12-13H,2,8-11,14,22H2,1H3,(H,23,26). The highest BCUT2D eigenvalue weighted by atomic mass is 35.5. The molecule has 1 aliphatic rings. The van der Waals surface area contributed by atoms with Gasteiger partial charge in [-0.05, 0) is 30.8 Å². The van der Waals surface area contributed by atoms with Crippen molar-refractivity contribution >= 4 is 34.6 Å². The van der Waals surface area contributed by atoms with Gasteiger partial charge < -0.3 is 25.6 Å². The summed E-state index contributed by atoms with van der Waals surface area (Å²) in [6.07, 6.45) is 0. The SMILES string of the molecule is CCN1CCN(c2cc(NC(=O)COc3ccccc3)c(Cl)cc2N)CC1. The first-order chi connectivity index (χ1) is 13.1. The summed E-state index contributed by atoms with van der Waals surface area (Å²) in [5, 5.41) is 3.23. The molecule has 3 N–H and O–H groups in total. The second kappa shape index (κ2) is 8.97. The zero-order chi connectivity index (χ0) is 19.2. The molecule has 6 nitrogen and oxygen atoms in total. The molecule has 1 amide bonds. The molecule has 0 saturated carbocycles. The number of nitrogens with two attached hydrogens (primary N) is 1. The highest BCUT2D eigenvalue weighted by Crippen LogP contribution is 2.34. The van der Waals surface area contributed by atoms with Crippen molar-refractivity contribution in [3.8, 4) is 5.75 Å². The lowest BCUT2D eigenvalue weighted by Crippen LogP contribution is -2.46. The maximum absolute atomic E-state index is 12.2. The molecule has 0 radical (unpaired) electrons. The van der Waals surface area contributed by atoms with Gasteiger partial charge in [-0.1, -0.05) is 36.7 Å². The lowest BCUT2D eigenvalue weighted by atomic mass is 10.2. The zero-order valence-electron chi connectivity index (χ0n) is 15.5. The van der Waals surface area contributed by atoms with E-state index in [-0.39, 0.29) is 12.5 Å². The van der Waals surface area contributed by atoms with E-state index in [1.54, 1.807) is 18.2 Å². The Kier molecular flexibility index (Phi) is 6.42. The monoisotopic (exact) mass is 388 g/mol. The minimum atomic E-state index is -0.271. The molecule has 0 spiro atoms. The van der Waals surface area contributed by atoms with Gasteiger partial charge in [-0.3, -0.25) is 4.79 Å². The van der Waals surface area contributed by atoms with Gasteiger partial charge in [0.1, 0.15) is 5.75 Å². The smallest absolute Gasteiger partial charge is 0.262 e. The summed E-state index contributed by atoms with van der Waals surface area (Å²) in [4.78, 5) is 16.9. The van der Waals surface area contributed by atoms with Crippen LogP contribution in [0.3, 0.4) is 0 Å². The fourth-order valence-corrected chi connectivity index (χ4v) is 3.32. The van der Waals surface area contributed by atoms with Crippen molar-refractivity contribution in [2.45, 2.75) is 6.92 Å². The predicted molar refractivity (Wildman–Crippen MR) is 111 cm³/mol. The lowest BCUT2D eigenvalue weighted by Gasteiger charge is -2.36. The molecule has 0 atom stereocenters. The first kappa shape index (κ1) is 19.3. The summed E-state index contributed by atoms with van der Waals surface area (Å²) >= 11 is 6.28. The fraction of sp³-hybridized carbons (Fsp3) is 0.350. The number of halogens is 1. The molecule has 7 heteroatoms. The largest absolute Gasteiger partial charge is 0.484 e. The topological polar surface area (TPSA) is 70.8 Å². The number of benzene rings is 2. The summed E-state index contributed by atoms with van der Waals surface area (Å²) in [5.74, 6) is 0.373. The van der Waals surface area contributed by atoms with Crippen LogP contribution in [0, 0.1) is 0 Å². The molecule has 0 unspecified atom stereocenters. The zero-order valence-corrected chi connectivity index (χ0v) is 16.2. The molecule has 2 aromatic carbocycles. The molecule has 1 aliphatic heterocycles. The van der Waals surface area contributed by atoms with Crippen molar-refractivity contribution in [2.75, 3.05) is 55.3 Å². The third-order valence-corrected chi connectivity index (χ3v) is 4.98. The maximum Gasteiger partial charge on any atom is 0.262 e. The quantitative estimate of drug-likeness (QED) is 0.744. The van der Waals surface area contributed by atoms with Crippen LogP contribution in [-0.4, -0.2) is 50.1 Å². The van der Waals surface area contributed by atoms with E-state index < -0.39 is 0 Å². The molecule has 0 aromatic heterocycles. The minimum Gasteiger partial charge on any atom is -0.484 e. The van der Waals surface area contributed by atoms with Gasteiger partial charge in [0.15, 0.2) is 6.61 Å². The van der Waals surface area contributed by atoms with Gasteiger partial charge >= 0.3 is 0 Å². The Balaban J connectivity index is 1.65. The van der Waals surface area contributed by atoms with Crippen LogP contribution in [0.2, 0.25) is 5.02 Å². The van der Waals surface area contributed by atoms with E-state index >= 15 is 0 Å². The number of nitrogen functional groups attached to an aromatic ring is 1. The van der Waals surface area contributed by atoms with Gasteiger partial charge in [-0.15, -0.1) is 0 Å². The van der Waals surface area contributed by atoms with Crippen LogP contribution in [0.25, 0.3) is 0 Å². The molecule has 0 aliphatic carbocycles. The van der Waals surface area contributed by atoms with Crippen molar-refractivity contribution in [1.29, 1.82) is 0 Å². The van der Waals surface area contributed by atoms with E-state index in [0.29, 0.717) is 22.1 Å². The molecule has 1 heterocycles. The van der Waals surface area contributed by atoms with Crippen LogP contribution in [0.1, 0.15) is 6.92 Å². The van der Waals surface area contributed by atoms with Crippen molar-refractivity contribution in [1.82, 2.24) is 4.90 Å². The number of para-hydroxylation sites is 1. The summed E-state index contributed by atoms with van der Waals surface area (Å²) in [6.45, 7) is 6.89. The number of hydrogen-bond acceptors (Lipinski definition) is 5. The van der Waals surface area contributed by atoms with Crippen LogP contribution >= 0.6 is 11.6 Å². The Hall–Kier alpha value is -2.44. The van der Waals surface area contributed by atoms with E-state index in [9.17, 15) is 4.79 Å². The molecule has 0 bridgehead atoms. The third-order valence-electron chi connectivity index (χ3n) is 4.66. The highest BCUT2D eigenvalue weighted by molar-refractivity contribution is 6.34. The number of nitrogens with zero attached hydrogens (tertiary/aromatic N) is 2. The molecule has 1 saturated heterocycles. The van der Waals surface area contributed by atoms with Gasteiger partial charge in [0.05, 0.1) is 22.1 Å². The number of likely N-dealkylation sites (N-methyl/N-ethyl adjacent to an activating group) is 1. The Bertz CT molecular complexity index is 777. The second-order valence-corrected chi connectivity index (χ2v) is 6.87. The number of nitrogens with one attached hydrogen (secondary N) is 1. The minimum absolute atomic E-state index is 0.0881. The first-order valence-electron chi connectivity index (χ1n) is 9.11. The summed E-state index contributed by atoms with van der Waals surface area (Å²) < 4.78 is 5.48. The van der Waals surface area contributed by atoms with E-state index in [0.717, 1.165) is 38.4 Å². The lowest BCUT2D eigenvalue weighted by molar-refractivity contribution is -0.118. The number of amides is 1. The van der Waals surface area contributed by atoms with E-state index in [4.69, 9.17) is 22.1 Å². The molecule has 27 heavy (non-hydrogen) atoms. The predicted octanol–water partition coefficient (Wildman–Crippen LogP) is 3.08. The normalized spacial score (nSPS) is 14.8. The Morgan fingerprint density at radius 3 is 2.56 bits per heavy atom. The summed E-state index contributed by atoms with van der Waals surface area (Å²) in [7, 11) is 0. The van der Waals surface area contributed by atoms with E-state index in [2.05, 4.69) is 22.0 Å². The van der Waals surface area contributed by atoms with Crippen molar-refractivity contribution in [3.05, 3.63) is 47.5 Å². The average Bonchev–Trinajstić information content (AvgIpc) is 2.69. The Labute approximate surface area is 164 Å². The van der Waals surface area contributed by atoms with E-state index in [1.807, 2.05) is 24.3 Å². The van der Waals surface area contributed by atoms with Crippen LogP contribution in [0.5, 0.6) is 5.75 Å². The van der Waals surface area contributed by atoms with Gasteiger partial charge in [0.25, 0.3) is 5.91 Å². The van der Waals surface area contributed by atoms with Crippen LogP contribution in [0.4, 0.5) is 17.1 Å². The Morgan fingerprint density at radius 2 is 1.89 bits per heavy atom. The number of anilines is 3. The average molecular weight is 389 g/mol. The van der Waals surface area contributed by atoms with Crippen LogP contribution in [-0.2, 0) is 4.79 Å². The van der Waals surface area contributed by atoms with Crippen molar-refractivity contribution in [3.63, 3.8) is 0 Å². The molecule has 3 rings (SSSR count). The molecule has 1 fully saturated rings. The number of hydrogen-bond donors (Lipinski definition) is 2. The second-order valence-electron chi connectivity index (χ2n) is 6.46. The van der Waals surface area contributed by atoms with Gasteiger partial charge in [0, 0.05) is 26.2 Å². The van der Waals surface area contributed by atoms with Gasteiger partial charge in [0.2, 0.25) is 0 Å². The third kappa shape index (κ3) is 5.05. The molecule has 2 aromatic rings. The first-order valence-corrected chi connectivity index (χ1v) is 9.48. The molecular formula is C20H25ClN4O2. The maximum atomic E-state index is 12.2. The molecule has 144 valence electrons. The van der Waals surface area contributed by atoms with Crippen LogP contribution < -0.4 is 20.7 Å². The number of ether oxygens (including phenoxy) is 1. The molecular weight excluding hydrogens is 364 g/mol. The van der Waals surface area contributed by atoms with Gasteiger partial charge in [-0.25, -0.2) is 0 Å². The number of carbonyl (C=O) groups excluding carboxylic acids is 1. The fourth-order valence-electron chi connectivity index (χ4n) is 3.10. The summed E-state index contributed by atoms with van der Waals surface area (Å²) in [6, 6.07) is 12.7. The summed E-state index contributed by atoms with van der Waals surface area (Å²) in [5.41, 5.74) is 8.23.